The molecule has 0 fully saturated rings. The first-order chi connectivity index (χ1) is 8.24. The van der Waals surface area contributed by atoms with Crippen molar-refractivity contribution in [3.05, 3.63) is 24.3 Å². The van der Waals surface area contributed by atoms with Crippen LogP contribution < -0.4 is 9.46 Å². The zero-order valence-corrected chi connectivity index (χ0v) is 13.2. The second-order valence-electron chi connectivity index (χ2n) is 5.38. The van der Waals surface area contributed by atoms with E-state index in [9.17, 15) is 8.42 Å². The van der Waals surface area contributed by atoms with Gasteiger partial charge in [0, 0.05) is 14.6 Å². The molecule has 6 heteroatoms. The molecule has 1 aromatic carbocycles. The molecule has 0 amide bonds. The van der Waals surface area contributed by atoms with E-state index in [-0.39, 0.29) is 4.90 Å². The van der Waals surface area contributed by atoms with E-state index in [1.807, 2.05) is 0 Å². The minimum Gasteiger partial charge on any atom is -0.497 e. The lowest BCUT2D eigenvalue weighted by Crippen LogP contribution is -2.31. The molecular weight excluding hydrogens is 266 g/mol. The molecule has 0 bridgehead atoms. The molecule has 0 aliphatic rings. The molecule has 0 aliphatic carbocycles. The molecule has 0 saturated heterocycles. The summed E-state index contributed by atoms with van der Waals surface area (Å²) >= 11 is 0. The van der Waals surface area contributed by atoms with Crippen LogP contribution in [0.5, 0.6) is 5.75 Å². The van der Waals surface area contributed by atoms with Gasteiger partial charge in [0.25, 0.3) is 0 Å². The zero-order chi connectivity index (χ0) is 13.8. The van der Waals surface area contributed by atoms with Crippen LogP contribution >= 0.6 is 0 Å². The van der Waals surface area contributed by atoms with Crippen LogP contribution in [-0.4, -0.2) is 30.1 Å². The Morgan fingerprint density at radius 3 is 2.17 bits per heavy atom. The smallest absolute Gasteiger partial charge is 0.240 e. The van der Waals surface area contributed by atoms with Gasteiger partial charge >= 0.3 is 0 Å². The Bertz CT molecular complexity index is 477. The van der Waals surface area contributed by atoms with Crippen LogP contribution in [0.3, 0.4) is 0 Å². The van der Waals surface area contributed by atoms with Gasteiger partial charge in [-0.1, -0.05) is 19.6 Å². The summed E-state index contributed by atoms with van der Waals surface area (Å²) in [5.74, 6) is 0.649. The van der Waals surface area contributed by atoms with Crippen LogP contribution in [0.15, 0.2) is 29.2 Å². The highest BCUT2D eigenvalue weighted by Crippen LogP contribution is 2.15. The molecule has 0 heterocycles. The molecule has 0 radical (unpaired) electrons. The fraction of sp³-hybridized carbons (Fsp3) is 0.500. The predicted molar refractivity (Wildman–Crippen MR) is 76.3 cm³/mol. The Kier molecular flexibility index (Phi) is 4.95. The Hall–Kier alpha value is -0.853. The maximum absolute atomic E-state index is 12.0. The number of ether oxygens (including phenoxy) is 1. The third-order valence-electron chi connectivity index (χ3n) is 2.54. The zero-order valence-electron chi connectivity index (χ0n) is 11.4. The number of rotatable bonds is 6. The number of nitrogens with one attached hydrogen (secondary N) is 1. The average molecular weight is 287 g/mol. The van der Waals surface area contributed by atoms with Gasteiger partial charge in [-0.2, -0.15) is 0 Å². The van der Waals surface area contributed by atoms with Crippen molar-refractivity contribution < 1.29 is 13.2 Å². The van der Waals surface area contributed by atoms with Gasteiger partial charge in [0.2, 0.25) is 10.0 Å². The number of methoxy groups -OCH3 is 1. The molecule has 0 aromatic heterocycles. The quantitative estimate of drug-likeness (QED) is 0.817. The van der Waals surface area contributed by atoms with Gasteiger partial charge in [0.05, 0.1) is 12.0 Å². The van der Waals surface area contributed by atoms with Crippen LogP contribution in [-0.2, 0) is 10.0 Å². The second kappa shape index (κ2) is 5.86. The highest BCUT2D eigenvalue weighted by Gasteiger charge is 2.17. The van der Waals surface area contributed by atoms with Crippen LogP contribution in [0.4, 0.5) is 0 Å². The molecule has 1 aromatic rings. The Morgan fingerprint density at radius 1 is 1.17 bits per heavy atom. The number of hydrogen-bond donors (Lipinski definition) is 1. The van der Waals surface area contributed by atoms with Crippen molar-refractivity contribution in [1.82, 2.24) is 4.72 Å². The molecule has 0 atom stereocenters. The summed E-state index contributed by atoms with van der Waals surface area (Å²) in [7, 11) is -3.06. The van der Waals surface area contributed by atoms with E-state index in [1.165, 1.54) is 0 Å². The van der Waals surface area contributed by atoms with Gasteiger partial charge in [0.15, 0.2) is 0 Å². The molecule has 0 spiro atoms. The molecule has 0 unspecified atom stereocenters. The fourth-order valence-electron chi connectivity index (χ4n) is 1.40. The van der Waals surface area contributed by atoms with E-state index in [1.54, 1.807) is 31.4 Å². The minimum atomic E-state index is -3.39. The summed E-state index contributed by atoms with van der Waals surface area (Å²) in [5.41, 5.74) is 0. The van der Waals surface area contributed by atoms with E-state index in [4.69, 9.17) is 4.74 Å². The SMILES string of the molecule is COc1ccc(S(=O)(=O)NCC[Si](C)(C)C)cc1. The van der Waals surface area contributed by atoms with Crippen molar-refractivity contribution in [3.63, 3.8) is 0 Å². The number of benzene rings is 1. The molecular formula is C12H21NO3SSi. The van der Waals surface area contributed by atoms with Gasteiger partial charge in [-0.25, -0.2) is 13.1 Å². The van der Waals surface area contributed by atoms with E-state index >= 15 is 0 Å². The predicted octanol–water partition coefficient (Wildman–Crippen LogP) is 2.31. The molecule has 0 aliphatic heterocycles. The molecule has 18 heavy (non-hydrogen) atoms. The monoisotopic (exact) mass is 287 g/mol. The number of hydrogen-bond acceptors (Lipinski definition) is 3. The van der Waals surface area contributed by atoms with Crippen molar-refractivity contribution in [1.29, 1.82) is 0 Å². The lowest BCUT2D eigenvalue weighted by Gasteiger charge is -2.15. The largest absolute Gasteiger partial charge is 0.497 e. The van der Waals surface area contributed by atoms with E-state index in [0.29, 0.717) is 12.3 Å². The first kappa shape index (κ1) is 15.2. The van der Waals surface area contributed by atoms with Crippen molar-refractivity contribution in [2.75, 3.05) is 13.7 Å². The maximum Gasteiger partial charge on any atom is 0.240 e. The van der Waals surface area contributed by atoms with Crippen LogP contribution in [0.2, 0.25) is 25.7 Å². The van der Waals surface area contributed by atoms with Crippen molar-refractivity contribution >= 4 is 18.1 Å². The first-order valence-electron chi connectivity index (χ1n) is 5.88. The molecule has 1 rings (SSSR count). The Balaban J connectivity index is 2.68. The van der Waals surface area contributed by atoms with Crippen molar-refractivity contribution in [3.8, 4) is 5.75 Å². The minimum absolute atomic E-state index is 0.277. The summed E-state index contributed by atoms with van der Waals surface area (Å²) in [4.78, 5) is 0.277. The lowest BCUT2D eigenvalue weighted by atomic mass is 10.3. The maximum atomic E-state index is 12.0. The van der Waals surface area contributed by atoms with Gasteiger partial charge in [-0.3, -0.25) is 0 Å². The topological polar surface area (TPSA) is 55.4 Å². The highest BCUT2D eigenvalue weighted by atomic mass is 32.2. The average Bonchev–Trinajstić information content (AvgIpc) is 2.27. The van der Waals surface area contributed by atoms with E-state index < -0.39 is 18.1 Å². The summed E-state index contributed by atoms with van der Waals surface area (Å²) < 4.78 is 31.6. The third-order valence-corrected chi connectivity index (χ3v) is 5.76. The van der Waals surface area contributed by atoms with Crippen LogP contribution in [0.25, 0.3) is 0 Å². The lowest BCUT2D eigenvalue weighted by molar-refractivity contribution is 0.414. The molecule has 0 saturated carbocycles. The Morgan fingerprint density at radius 2 is 1.72 bits per heavy atom. The first-order valence-corrected chi connectivity index (χ1v) is 11.1. The highest BCUT2D eigenvalue weighted by molar-refractivity contribution is 7.89. The summed E-state index contributed by atoms with van der Waals surface area (Å²) in [5, 5.41) is 0. The van der Waals surface area contributed by atoms with Crippen molar-refractivity contribution in [2.24, 2.45) is 0 Å². The Labute approximate surface area is 110 Å². The van der Waals surface area contributed by atoms with Crippen molar-refractivity contribution in [2.45, 2.75) is 30.6 Å². The van der Waals surface area contributed by atoms with Crippen LogP contribution in [0.1, 0.15) is 0 Å². The van der Waals surface area contributed by atoms with E-state index in [2.05, 4.69) is 24.4 Å². The van der Waals surface area contributed by atoms with Gasteiger partial charge in [-0.05, 0) is 30.3 Å². The standard InChI is InChI=1S/C12H21NO3SSi/c1-16-11-5-7-12(8-6-11)17(14,15)13-9-10-18(2,3)4/h5-8,13H,9-10H2,1-4H3. The summed E-state index contributed by atoms with van der Waals surface area (Å²) in [6.45, 7) is 7.15. The molecule has 1 N–H and O–H groups in total. The number of sulfonamides is 1. The summed E-state index contributed by atoms with van der Waals surface area (Å²) in [6, 6.07) is 7.33. The summed E-state index contributed by atoms with van der Waals surface area (Å²) in [6.07, 6.45) is 0. The normalized spacial score (nSPS) is 12.4. The molecule has 102 valence electrons. The fourth-order valence-corrected chi connectivity index (χ4v) is 3.49. The van der Waals surface area contributed by atoms with Crippen LogP contribution in [0, 0.1) is 0 Å². The van der Waals surface area contributed by atoms with E-state index in [0.717, 1.165) is 6.04 Å². The third kappa shape index (κ3) is 4.79. The van der Waals surface area contributed by atoms with Gasteiger partial charge < -0.3 is 4.74 Å². The van der Waals surface area contributed by atoms with Gasteiger partial charge in [-0.15, -0.1) is 0 Å². The second-order valence-corrected chi connectivity index (χ2v) is 12.8. The molecule has 4 nitrogen and oxygen atoms in total. The van der Waals surface area contributed by atoms with Gasteiger partial charge in [0.1, 0.15) is 5.75 Å².